The van der Waals surface area contributed by atoms with E-state index in [2.05, 4.69) is 24.3 Å². The third kappa shape index (κ3) is 2.22. The third-order valence-electron chi connectivity index (χ3n) is 5.62. The Bertz CT molecular complexity index is 913. The molecule has 3 heteroatoms. The molecule has 2 heterocycles. The average Bonchev–Trinajstić information content (AvgIpc) is 3.09. The largest absolute Gasteiger partial charge is 0.466 e. The molecule has 0 saturated carbocycles. The third-order valence-corrected chi connectivity index (χ3v) is 5.62. The Morgan fingerprint density at radius 1 is 0.741 bits per heavy atom. The maximum Gasteiger partial charge on any atom is 0.251 e. The molecule has 0 radical (unpaired) electrons. The monoisotopic (exact) mass is 356 g/mol. The van der Waals surface area contributed by atoms with E-state index in [9.17, 15) is 5.11 Å². The van der Waals surface area contributed by atoms with Gasteiger partial charge in [0.1, 0.15) is 11.7 Å². The number of fused-ring (bicyclic) bond motifs is 1. The minimum Gasteiger partial charge on any atom is -0.466 e. The first-order chi connectivity index (χ1) is 13.3. The molecule has 3 atom stereocenters. The van der Waals surface area contributed by atoms with Crippen LogP contribution in [-0.2, 0) is 15.1 Å². The van der Waals surface area contributed by atoms with Gasteiger partial charge in [-0.25, -0.2) is 0 Å². The summed E-state index contributed by atoms with van der Waals surface area (Å²) in [4.78, 5) is 0. The molecule has 134 valence electrons. The molecule has 2 aliphatic heterocycles. The van der Waals surface area contributed by atoms with Crippen molar-refractivity contribution in [2.45, 2.75) is 17.5 Å². The minimum absolute atomic E-state index is 0.148. The molecule has 0 aliphatic carbocycles. The normalized spacial score (nSPS) is 25.9. The Hall–Kier alpha value is -2.88. The van der Waals surface area contributed by atoms with Crippen LogP contribution < -0.4 is 0 Å². The summed E-state index contributed by atoms with van der Waals surface area (Å²) in [5.74, 6) is -1.27. The number of hydrogen-bond donors (Lipinski definition) is 1. The second kappa shape index (κ2) is 6.08. The molecular formula is C24H20O3. The van der Waals surface area contributed by atoms with E-state index in [0.29, 0.717) is 0 Å². The lowest BCUT2D eigenvalue weighted by atomic mass is 9.65. The number of benzene rings is 3. The zero-order valence-electron chi connectivity index (χ0n) is 14.7. The van der Waals surface area contributed by atoms with Crippen LogP contribution in [0.15, 0.2) is 103 Å². The van der Waals surface area contributed by atoms with Gasteiger partial charge < -0.3 is 14.6 Å². The van der Waals surface area contributed by atoms with E-state index in [1.54, 1.807) is 6.26 Å². The van der Waals surface area contributed by atoms with Gasteiger partial charge in [-0.05, 0) is 22.8 Å². The van der Waals surface area contributed by atoms with Crippen LogP contribution >= 0.6 is 0 Å². The van der Waals surface area contributed by atoms with Gasteiger partial charge in [0, 0.05) is 0 Å². The van der Waals surface area contributed by atoms with Crippen molar-refractivity contribution in [1.29, 1.82) is 0 Å². The fourth-order valence-electron chi connectivity index (χ4n) is 4.37. The number of hydrogen-bond acceptors (Lipinski definition) is 3. The van der Waals surface area contributed by atoms with E-state index in [1.165, 1.54) is 0 Å². The molecule has 0 aromatic heterocycles. The van der Waals surface area contributed by atoms with Gasteiger partial charge in [-0.3, -0.25) is 0 Å². The maximum absolute atomic E-state index is 11.1. The minimum atomic E-state index is -1.12. The van der Waals surface area contributed by atoms with Crippen molar-refractivity contribution in [2.24, 2.45) is 5.92 Å². The molecule has 1 N–H and O–H groups in total. The summed E-state index contributed by atoms with van der Waals surface area (Å²) < 4.78 is 12.5. The van der Waals surface area contributed by atoms with Gasteiger partial charge in [-0.2, -0.15) is 0 Å². The van der Waals surface area contributed by atoms with Gasteiger partial charge in [-0.15, -0.1) is 0 Å². The number of aliphatic hydroxyl groups is 1. The van der Waals surface area contributed by atoms with E-state index in [-0.39, 0.29) is 5.92 Å². The van der Waals surface area contributed by atoms with E-state index in [1.807, 2.05) is 72.8 Å². The quantitative estimate of drug-likeness (QED) is 0.745. The van der Waals surface area contributed by atoms with Crippen molar-refractivity contribution in [3.8, 4) is 0 Å². The summed E-state index contributed by atoms with van der Waals surface area (Å²) in [5.41, 5.74) is 2.19. The summed E-state index contributed by atoms with van der Waals surface area (Å²) in [6.07, 6.45) is 2.78. The van der Waals surface area contributed by atoms with E-state index >= 15 is 0 Å². The Kier molecular flexibility index (Phi) is 3.67. The van der Waals surface area contributed by atoms with Crippen LogP contribution in [-0.4, -0.2) is 10.9 Å². The average molecular weight is 356 g/mol. The summed E-state index contributed by atoms with van der Waals surface area (Å²) in [5, 5.41) is 11.1. The summed E-state index contributed by atoms with van der Waals surface area (Å²) in [6, 6.07) is 29.8. The van der Waals surface area contributed by atoms with Crippen LogP contribution in [0.1, 0.15) is 22.8 Å². The molecule has 2 aliphatic rings. The van der Waals surface area contributed by atoms with Crippen LogP contribution in [0.4, 0.5) is 0 Å². The molecule has 0 spiro atoms. The van der Waals surface area contributed by atoms with Crippen LogP contribution in [0.25, 0.3) is 0 Å². The molecule has 1 fully saturated rings. The van der Waals surface area contributed by atoms with Crippen molar-refractivity contribution < 1.29 is 14.6 Å². The lowest BCUT2D eigenvalue weighted by Crippen LogP contribution is -2.67. The Labute approximate surface area is 158 Å². The second-order valence-corrected chi connectivity index (χ2v) is 7.03. The topological polar surface area (TPSA) is 38.7 Å². The zero-order chi connectivity index (χ0) is 18.3. The predicted molar refractivity (Wildman–Crippen MR) is 103 cm³/mol. The van der Waals surface area contributed by atoms with Crippen LogP contribution in [0.5, 0.6) is 0 Å². The highest BCUT2D eigenvalue weighted by atomic mass is 16.7. The van der Waals surface area contributed by atoms with Crippen LogP contribution in [0, 0.1) is 5.92 Å². The first-order valence-corrected chi connectivity index (χ1v) is 9.16. The van der Waals surface area contributed by atoms with Gasteiger partial charge >= 0.3 is 0 Å². The second-order valence-electron chi connectivity index (χ2n) is 7.03. The van der Waals surface area contributed by atoms with E-state index in [0.717, 1.165) is 16.7 Å². The van der Waals surface area contributed by atoms with Gasteiger partial charge in [0.25, 0.3) is 5.79 Å². The van der Waals surface area contributed by atoms with E-state index < -0.39 is 17.5 Å². The van der Waals surface area contributed by atoms with Gasteiger partial charge in [0.05, 0.1) is 12.2 Å². The molecule has 0 unspecified atom stereocenters. The molecular weight excluding hydrogens is 336 g/mol. The van der Waals surface area contributed by atoms with Crippen LogP contribution in [0.2, 0.25) is 0 Å². The number of aliphatic hydroxyl groups excluding tert-OH is 1. The van der Waals surface area contributed by atoms with Gasteiger partial charge in [0.2, 0.25) is 0 Å². The zero-order valence-corrected chi connectivity index (χ0v) is 14.7. The Morgan fingerprint density at radius 2 is 1.26 bits per heavy atom. The first-order valence-electron chi connectivity index (χ1n) is 9.16. The highest BCUT2D eigenvalue weighted by Gasteiger charge is 2.72. The van der Waals surface area contributed by atoms with Crippen molar-refractivity contribution in [3.05, 3.63) is 120 Å². The Balaban J connectivity index is 1.63. The molecule has 0 bridgehead atoms. The molecule has 3 nitrogen and oxygen atoms in total. The summed E-state index contributed by atoms with van der Waals surface area (Å²) in [7, 11) is 0. The molecule has 3 aromatic carbocycles. The molecule has 3 aromatic rings. The highest BCUT2D eigenvalue weighted by Crippen LogP contribution is 2.64. The summed E-state index contributed by atoms with van der Waals surface area (Å²) in [6.45, 7) is 0. The molecule has 1 saturated heterocycles. The van der Waals surface area contributed by atoms with E-state index in [4.69, 9.17) is 9.47 Å². The van der Waals surface area contributed by atoms with Crippen molar-refractivity contribution in [1.82, 2.24) is 0 Å². The predicted octanol–water partition coefficient (Wildman–Crippen LogP) is 4.55. The lowest BCUT2D eigenvalue weighted by molar-refractivity contribution is -0.413. The van der Waals surface area contributed by atoms with Crippen molar-refractivity contribution >= 4 is 0 Å². The van der Waals surface area contributed by atoms with Crippen LogP contribution in [0.3, 0.4) is 0 Å². The fraction of sp³-hybridized carbons (Fsp3) is 0.167. The summed E-state index contributed by atoms with van der Waals surface area (Å²) >= 11 is 0. The van der Waals surface area contributed by atoms with Crippen molar-refractivity contribution in [3.63, 3.8) is 0 Å². The first kappa shape index (κ1) is 16.3. The fourth-order valence-corrected chi connectivity index (χ4v) is 4.37. The van der Waals surface area contributed by atoms with Crippen molar-refractivity contribution in [2.75, 3.05) is 0 Å². The van der Waals surface area contributed by atoms with Gasteiger partial charge in [0.15, 0.2) is 0 Å². The van der Waals surface area contributed by atoms with Gasteiger partial charge in [-0.1, -0.05) is 91.0 Å². The molecule has 27 heavy (non-hydrogen) atoms. The molecule has 0 amide bonds. The molecule has 5 rings (SSSR count). The Morgan fingerprint density at radius 3 is 1.81 bits per heavy atom. The number of ether oxygens (including phenoxy) is 2. The maximum atomic E-state index is 11.1. The lowest BCUT2D eigenvalue weighted by Gasteiger charge is -2.59. The smallest absolute Gasteiger partial charge is 0.251 e. The standard InChI is InChI=1S/C24H20O3/c25-22(18-10-4-1-5-11-18)24-21(16-17-26-24)23(27-24,19-12-6-2-7-13-19)20-14-8-3-9-15-20/h1-17,21-22,25H/t21-,22+,24-/m0/s1. The highest BCUT2D eigenvalue weighted by molar-refractivity contribution is 5.45. The number of rotatable bonds is 4. The SMILES string of the molecule is O[C@H](c1ccccc1)[C@]12OC=C[C@H]1C(c1ccccc1)(c1ccccc1)O2.